The number of nitrogens with two attached hydrogens (primary N) is 1. The number of ether oxygens (including phenoxy) is 1. The van der Waals surface area contributed by atoms with Crippen molar-refractivity contribution in [1.29, 1.82) is 0 Å². The van der Waals surface area contributed by atoms with Gasteiger partial charge < -0.3 is 35.7 Å². The number of carbonyl (C=O) groups excluding carboxylic acids is 1. The Morgan fingerprint density at radius 3 is 2.47 bits per heavy atom. The first kappa shape index (κ1) is 29.8. The molecule has 2 rings (SSSR count). The number of nitrogens with one attached hydrogen (secondary N) is 1. The molecule has 1 aromatic carbocycles. The maximum Gasteiger partial charge on any atom is 0.126 e. The Morgan fingerprint density at radius 1 is 1.41 bits per heavy atom. The number of piperidine rings is 1. The number of aldehydes is 1. The molecule has 1 saturated heterocycles. The minimum absolute atomic E-state index is 0.00102. The fourth-order valence-electron chi connectivity index (χ4n) is 3.02. The van der Waals surface area contributed by atoms with Crippen LogP contribution >= 0.6 is 0 Å². The van der Waals surface area contributed by atoms with Crippen LogP contribution in [-0.4, -0.2) is 66.8 Å². The van der Waals surface area contributed by atoms with Crippen LogP contribution in [0.5, 0.6) is 5.75 Å². The molecule has 0 amide bonds. The third-order valence-electron chi connectivity index (χ3n) is 5.26. The van der Waals surface area contributed by atoms with E-state index in [2.05, 4.69) is 23.8 Å². The monoisotopic (exact) mass is 449 g/mol. The zero-order valence-corrected chi connectivity index (χ0v) is 20.4. The van der Waals surface area contributed by atoms with E-state index in [0.29, 0.717) is 6.04 Å². The molecule has 0 radical (unpaired) electrons. The molecule has 1 aromatic rings. The van der Waals surface area contributed by atoms with Gasteiger partial charge in [-0.15, -0.1) is 6.58 Å². The average Bonchev–Trinajstić information content (AvgIpc) is 2.79. The van der Waals surface area contributed by atoms with Gasteiger partial charge in [-0.2, -0.15) is 0 Å². The molecule has 0 spiro atoms. The van der Waals surface area contributed by atoms with E-state index in [1.807, 2.05) is 31.2 Å². The smallest absolute Gasteiger partial charge is 0.126 e. The number of aliphatic hydroxyl groups excluding tert-OH is 2. The summed E-state index contributed by atoms with van der Waals surface area (Å²) in [6, 6.07) is 6.33. The van der Waals surface area contributed by atoms with Crippen LogP contribution < -0.4 is 15.8 Å². The highest BCUT2D eigenvalue weighted by Crippen LogP contribution is 2.28. The summed E-state index contributed by atoms with van der Waals surface area (Å²) in [6.07, 6.45) is 7.05. The van der Waals surface area contributed by atoms with E-state index in [9.17, 15) is 5.11 Å². The van der Waals surface area contributed by atoms with E-state index in [-0.39, 0.29) is 18.8 Å². The zero-order valence-electron chi connectivity index (χ0n) is 20.4. The van der Waals surface area contributed by atoms with Crippen LogP contribution in [0, 0.1) is 0 Å². The lowest BCUT2D eigenvalue weighted by atomic mass is 10.0. The molecule has 1 aliphatic rings. The number of aliphatic hydroxyl groups is 2. The lowest BCUT2D eigenvalue weighted by molar-refractivity contribution is -0.106. The van der Waals surface area contributed by atoms with Crippen molar-refractivity contribution in [2.24, 2.45) is 5.73 Å². The summed E-state index contributed by atoms with van der Waals surface area (Å²) < 4.78 is 5.27. The van der Waals surface area contributed by atoms with Gasteiger partial charge in [0.25, 0.3) is 0 Å². The minimum Gasteiger partial charge on any atom is -0.496 e. The van der Waals surface area contributed by atoms with E-state index in [1.165, 1.54) is 6.92 Å². The molecule has 0 saturated carbocycles. The Hall–Kier alpha value is -2.19. The van der Waals surface area contributed by atoms with Gasteiger partial charge in [0.1, 0.15) is 12.0 Å². The van der Waals surface area contributed by atoms with E-state index in [1.54, 1.807) is 20.1 Å². The molecular weight excluding hydrogens is 406 g/mol. The highest BCUT2D eigenvalue weighted by Gasteiger charge is 2.18. The molecule has 2 unspecified atom stereocenters. The predicted molar refractivity (Wildman–Crippen MR) is 133 cm³/mol. The fraction of sp³-hybridized carbons (Fsp3) is 0.560. The van der Waals surface area contributed by atoms with Gasteiger partial charge in [-0.25, -0.2) is 0 Å². The lowest BCUT2D eigenvalue weighted by Gasteiger charge is -2.30. The SMILES string of the molecule is C=CC(N)C/C=C(\C)C(C)O.CC=O.COc1cccc(NC2CCN(C)CC2)c1CO. The summed E-state index contributed by atoms with van der Waals surface area (Å²) in [6.45, 7) is 10.9. The van der Waals surface area contributed by atoms with Crippen LogP contribution in [0.2, 0.25) is 0 Å². The van der Waals surface area contributed by atoms with E-state index < -0.39 is 0 Å². The average molecular weight is 450 g/mol. The minimum atomic E-state index is -0.369. The number of benzene rings is 1. The van der Waals surface area contributed by atoms with E-state index in [0.717, 1.165) is 61.2 Å². The summed E-state index contributed by atoms with van der Waals surface area (Å²) in [5.41, 5.74) is 8.38. The molecule has 0 aromatic heterocycles. The second kappa shape index (κ2) is 17.4. The number of rotatable bonds is 8. The molecule has 0 bridgehead atoms. The van der Waals surface area contributed by atoms with Gasteiger partial charge in [0, 0.05) is 23.3 Å². The van der Waals surface area contributed by atoms with Crippen molar-refractivity contribution in [3.05, 3.63) is 48.1 Å². The standard InChI is InChI=1S/C14H22N2O2.C9H17NO.C2H4O/c1-16-8-6-11(7-9-16)15-13-4-3-5-14(18-2)12(13)10-17;1-4-9(10)6-5-7(2)8(3)11;1-2-3/h3-5,11,15,17H,6-10H2,1-2H3;4-5,8-9,11H,1,6,10H2,2-3H3;2H,1H3/b;7-5+;. The molecule has 1 fully saturated rings. The Kier molecular flexibility index (Phi) is 16.2. The summed E-state index contributed by atoms with van der Waals surface area (Å²) in [5.74, 6) is 0.746. The molecule has 5 N–H and O–H groups in total. The first-order valence-electron chi connectivity index (χ1n) is 11.1. The summed E-state index contributed by atoms with van der Waals surface area (Å²) in [4.78, 5) is 11.1. The number of nitrogens with zero attached hydrogens (tertiary/aromatic N) is 1. The van der Waals surface area contributed by atoms with Crippen LogP contribution in [0.4, 0.5) is 5.69 Å². The van der Waals surface area contributed by atoms with Gasteiger partial charge >= 0.3 is 0 Å². The second-order valence-electron chi connectivity index (χ2n) is 7.86. The van der Waals surface area contributed by atoms with Crippen molar-refractivity contribution in [3.63, 3.8) is 0 Å². The van der Waals surface area contributed by atoms with E-state index >= 15 is 0 Å². The Bertz CT molecular complexity index is 684. The van der Waals surface area contributed by atoms with Crippen molar-refractivity contribution in [1.82, 2.24) is 4.90 Å². The molecule has 0 aliphatic carbocycles. The van der Waals surface area contributed by atoms with Gasteiger partial charge in [0.05, 0.1) is 19.8 Å². The maximum absolute atomic E-state index is 9.47. The van der Waals surface area contributed by atoms with Crippen LogP contribution in [-0.2, 0) is 11.4 Å². The van der Waals surface area contributed by atoms with Crippen molar-refractivity contribution in [2.75, 3.05) is 32.6 Å². The number of carbonyl (C=O) groups is 1. The van der Waals surface area contributed by atoms with Crippen molar-refractivity contribution in [2.45, 2.75) is 64.8 Å². The molecule has 32 heavy (non-hydrogen) atoms. The maximum atomic E-state index is 9.47. The first-order valence-corrected chi connectivity index (χ1v) is 11.1. The molecule has 7 heteroatoms. The van der Waals surface area contributed by atoms with Gasteiger partial charge in [-0.1, -0.05) is 18.2 Å². The summed E-state index contributed by atoms with van der Waals surface area (Å²) >= 11 is 0. The number of anilines is 1. The van der Waals surface area contributed by atoms with Crippen LogP contribution in [0.1, 0.15) is 45.6 Å². The molecule has 1 aliphatic heterocycles. The van der Waals surface area contributed by atoms with Crippen molar-refractivity contribution < 1.29 is 19.7 Å². The quantitative estimate of drug-likeness (QED) is 0.357. The Labute approximate surface area is 194 Å². The zero-order chi connectivity index (χ0) is 24.5. The lowest BCUT2D eigenvalue weighted by Crippen LogP contribution is -2.36. The van der Waals surface area contributed by atoms with Crippen molar-refractivity contribution in [3.8, 4) is 5.75 Å². The summed E-state index contributed by atoms with van der Waals surface area (Å²) in [5, 5.41) is 22.1. The van der Waals surface area contributed by atoms with Crippen LogP contribution in [0.25, 0.3) is 0 Å². The highest BCUT2D eigenvalue weighted by atomic mass is 16.5. The summed E-state index contributed by atoms with van der Waals surface area (Å²) in [7, 11) is 3.79. The number of methoxy groups -OCH3 is 1. The van der Waals surface area contributed by atoms with Gasteiger partial charge in [0.2, 0.25) is 0 Å². The Balaban J connectivity index is 0.000000590. The molecule has 2 atom stereocenters. The fourth-order valence-corrected chi connectivity index (χ4v) is 3.02. The highest BCUT2D eigenvalue weighted by molar-refractivity contribution is 5.57. The number of hydrogen-bond acceptors (Lipinski definition) is 7. The van der Waals surface area contributed by atoms with Gasteiger partial charge in [-0.05, 0) is 77.9 Å². The predicted octanol–water partition coefficient (Wildman–Crippen LogP) is 3.12. The second-order valence-corrected chi connectivity index (χ2v) is 7.86. The first-order chi connectivity index (χ1) is 15.2. The number of likely N-dealkylation sites (tertiary alicyclic amines) is 1. The third-order valence-corrected chi connectivity index (χ3v) is 5.26. The molecule has 7 nitrogen and oxygen atoms in total. The molecular formula is C25H43N3O4. The largest absolute Gasteiger partial charge is 0.496 e. The van der Waals surface area contributed by atoms with Crippen LogP contribution in [0.3, 0.4) is 0 Å². The normalized spacial score (nSPS) is 16.4. The van der Waals surface area contributed by atoms with Crippen molar-refractivity contribution >= 4 is 12.0 Å². The third kappa shape index (κ3) is 12.0. The van der Waals surface area contributed by atoms with Gasteiger partial charge in [0.15, 0.2) is 0 Å². The van der Waals surface area contributed by atoms with E-state index in [4.69, 9.17) is 20.4 Å². The van der Waals surface area contributed by atoms with Crippen LogP contribution in [0.15, 0.2) is 42.5 Å². The molecule has 1 heterocycles. The van der Waals surface area contributed by atoms with Gasteiger partial charge in [-0.3, -0.25) is 0 Å². The number of hydrogen-bond donors (Lipinski definition) is 4. The Morgan fingerprint density at radius 2 is 2.00 bits per heavy atom. The topological polar surface area (TPSA) is 108 Å². The molecule has 182 valence electrons.